The topological polar surface area (TPSA) is 55.1 Å². The van der Waals surface area contributed by atoms with Crippen LogP contribution in [-0.2, 0) is 0 Å². The van der Waals surface area contributed by atoms with Crippen molar-refractivity contribution in [3.63, 3.8) is 0 Å². The van der Waals surface area contributed by atoms with Crippen molar-refractivity contribution in [1.29, 1.82) is 0 Å². The number of carbonyl (C=O) groups excluding carboxylic acids is 1. The van der Waals surface area contributed by atoms with Gasteiger partial charge in [0, 0.05) is 6.54 Å². The Morgan fingerprint density at radius 2 is 2.47 bits per heavy atom. The van der Waals surface area contributed by atoms with E-state index in [2.05, 4.69) is 12.2 Å². The molecular formula is C11H16N2OS. The minimum absolute atomic E-state index is 0.0324. The molecule has 3 N–H and O–H groups in total. The molecular weight excluding hydrogens is 208 g/mol. The standard InChI is InChI=1S/C11H16N2OS/c1-7(8-2-3-8)6-13-11(14)10-9(12)4-5-15-10/h4-5,7-8H,2-3,6,12H2,1H3,(H,13,14). The van der Waals surface area contributed by atoms with Gasteiger partial charge in [0.2, 0.25) is 0 Å². The third-order valence-corrected chi connectivity index (χ3v) is 3.84. The van der Waals surface area contributed by atoms with Gasteiger partial charge in [-0.05, 0) is 36.1 Å². The second-order valence-electron chi connectivity index (χ2n) is 4.23. The maximum Gasteiger partial charge on any atom is 0.263 e. The highest BCUT2D eigenvalue weighted by atomic mass is 32.1. The number of thiophene rings is 1. The van der Waals surface area contributed by atoms with Gasteiger partial charge in [-0.15, -0.1) is 11.3 Å². The Balaban J connectivity index is 1.84. The Bertz CT molecular complexity index is 357. The van der Waals surface area contributed by atoms with Crippen molar-refractivity contribution in [3.05, 3.63) is 16.3 Å². The lowest BCUT2D eigenvalue weighted by atomic mass is 10.1. The van der Waals surface area contributed by atoms with Crippen LogP contribution in [0.2, 0.25) is 0 Å². The van der Waals surface area contributed by atoms with Gasteiger partial charge in [0.05, 0.1) is 5.69 Å². The van der Waals surface area contributed by atoms with Gasteiger partial charge in [0.25, 0.3) is 5.91 Å². The Morgan fingerprint density at radius 1 is 1.73 bits per heavy atom. The van der Waals surface area contributed by atoms with Crippen molar-refractivity contribution in [2.75, 3.05) is 12.3 Å². The maximum atomic E-state index is 11.7. The lowest BCUT2D eigenvalue weighted by molar-refractivity contribution is 0.0951. The molecule has 1 saturated carbocycles. The van der Waals surface area contributed by atoms with Gasteiger partial charge in [-0.2, -0.15) is 0 Å². The number of nitrogen functional groups attached to an aromatic ring is 1. The zero-order valence-corrected chi connectivity index (χ0v) is 9.64. The first kappa shape index (κ1) is 10.5. The summed E-state index contributed by atoms with van der Waals surface area (Å²) in [5.41, 5.74) is 6.25. The zero-order chi connectivity index (χ0) is 10.8. The summed E-state index contributed by atoms with van der Waals surface area (Å²) in [4.78, 5) is 12.3. The van der Waals surface area contributed by atoms with E-state index in [9.17, 15) is 4.79 Å². The van der Waals surface area contributed by atoms with Crippen LogP contribution in [0.4, 0.5) is 5.69 Å². The molecule has 1 fully saturated rings. The van der Waals surface area contributed by atoms with Gasteiger partial charge in [-0.1, -0.05) is 6.92 Å². The van der Waals surface area contributed by atoms with E-state index in [-0.39, 0.29) is 5.91 Å². The Morgan fingerprint density at radius 3 is 3.00 bits per heavy atom. The van der Waals surface area contributed by atoms with Crippen LogP contribution in [0.1, 0.15) is 29.4 Å². The van der Waals surface area contributed by atoms with Gasteiger partial charge in [0.1, 0.15) is 4.88 Å². The summed E-state index contributed by atoms with van der Waals surface area (Å²) in [6, 6.07) is 1.77. The van der Waals surface area contributed by atoms with Crippen LogP contribution in [0.25, 0.3) is 0 Å². The summed E-state index contributed by atoms with van der Waals surface area (Å²) in [7, 11) is 0. The van der Waals surface area contributed by atoms with E-state index in [0.717, 1.165) is 12.5 Å². The third-order valence-electron chi connectivity index (χ3n) is 2.91. The fraction of sp³-hybridized carbons (Fsp3) is 0.545. The summed E-state index contributed by atoms with van der Waals surface area (Å²) < 4.78 is 0. The first-order valence-electron chi connectivity index (χ1n) is 5.29. The number of hydrogen-bond donors (Lipinski definition) is 2. The predicted octanol–water partition coefficient (Wildman–Crippen LogP) is 2.11. The van der Waals surface area contributed by atoms with Gasteiger partial charge in [-0.3, -0.25) is 4.79 Å². The average Bonchev–Trinajstić information content (AvgIpc) is 2.98. The van der Waals surface area contributed by atoms with Crippen LogP contribution in [0.3, 0.4) is 0 Å². The summed E-state index contributed by atoms with van der Waals surface area (Å²) in [5, 5.41) is 4.78. The van der Waals surface area contributed by atoms with Crippen molar-refractivity contribution < 1.29 is 4.79 Å². The number of rotatable bonds is 4. The smallest absolute Gasteiger partial charge is 0.263 e. The van der Waals surface area contributed by atoms with E-state index < -0.39 is 0 Å². The SMILES string of the molecule is CC(CNC(=O)c1sccc1N)C1CC1. The summed E-state index contributed by atoms with van der Waals surface area (Å²) in [6.07, 6.45) is 2.64. The van der Waals surface area contributed by atoms with E-state index in [4.69, 9.17) is 5.73 Å². The van der Waals surface area contributed by atoms with E-state index in [0.29, 0.717) is 16.5 Å². The fourth-order valence-electron chi connectivity index (χ4n) is 1.67. The number of amides is 1. The van der Waals surface area contributed by atoms with Crippen molar-refractivity contribution in [2.45, 2.75) is 19.8 Å². The van der Waals surface area contributed by atoms with Gasteiger partial charge in [0.15, 0.2) is 0 Å². The van der Waals surface area contributed by atoms with Crippen LogP contribution in [0.15, 0.2) is 11.4 Å². The first-order valence-corrected chi connectivity index (χ1v) is 6.17. The van der Waals surface area contributed by atoms with Gasteiger partial charge < -0.3 is 11.1 Å². The number of nitrogens with two attached hydrogens (primary N) is 1. The first-order chi connectivity index (χ1) is 7.18. The lowest BCUT2D eigenvalue weighted by Gasteiger charge is -2.10. The summed E-state index contributed by atoms with van der Waals surface area (Å²) in [5.74, 6) is 1.39. The molecule has 82 valence electrons. The van der Waals surface area contributed by atoms with Crippen LogP contribution >= 0.6 is 11.3 Å². The molecule has 0 spiro atoms. The van der Waals surface area contributed by atoms with Crippen molar-refractivity contribution in [3.8, 4) is 0 Å². The van der Waals surface area contributed by atoms with Gasteiger partial charge >= 0.3 is 0 Å². The minimum Gasteiger partial charge on any atom is -0.397 e. The van der Waals surface area contributed by atoms with E-state index in [1.165, 1.54) is 24.2 Å². The molecule has 4 heteroatoms. The molecule has 0 bridgehead atoms. The largest absolute Gasteiger partial charge is 0.397 e. The van der Waals surface area contributed by atoms with Crippen LogP contribution < -0.4 is 11.1 Å². The molecule has 15 heavy (non-hydrogen) atoms. The second-order valence-corrected chi connectivity index (χ2v) is 5.15. The molecule has 1 amide bonds. The zero-order valence-electron chi connectivity index (χ0n) is 8.82. The molecule has 2 rings (SSSR count). The highest BCUT2D eigenvalue weighted by molar-refractivity contribution is 7.12. The molecule has 1 aromatic heterocycles. The molecule has 0 aliphatic heterocycles. The normalized spacial score (nSPS) is 17.4. The van der Waals surface area contributed by atoms with Gasteiger partial charge in [-0.25, -0.2) is 0 Å². The quantitative estimate of drug-likeness (QED) is 0.823. The Kier molecular flexibility index (Phi) is 2.95. The van der Waals surface area contributed by atoms with Crippen LogP contribution in [-0.4, -0.2) is 12.5 Å². The summed E-state index contributed by atoms with van der Waals surface area (Å²) in [6.45, 7) is 2.95. The van der Waals surface area contributed by atoms with Crippen molar-refractivity contribution in [2.24, 2.45) is 11.8 Å². The monoisotopic (exact) mass is 224 g/mol. The molecule has 0 aromatic carbocycles. The number of carbonyl (C=O) groups is 1. The van der Waals surface area contributed by atoms with Crippen molar-refractivity contribution >= 4 is 22.9 Å². The fourth-order valence-corrected chi connectivity index (χ4v) is 2.40. The Labute approximate surface area is 93.7 Å². The minimum atomic E-state index is -0.0324. The Hall–Kier alpha value is -1.03. The molecule has 1 aliphatic rings. The van der Waals surface area contributed by atoms with E-state index in [1.54, 1.807) is 6.07 Å². The van der Waals surface area contributed by atoms with Crippen LogP contribution in [0.5, 0.6) is 0 Å². The molecule has 1 atom stereocenters. The van der Waals surface area contributed by atoms with E-state index in [1.807, 2.05) is 5.38 Å². The highest BCUT2D eigenvalue weighted by Gasteiger charge is 2.28. The maximum absolute atomic E-state index is 11.7. The molecule has 1 aliphatic carbocycles. The van der Waals surface area contributed by atoms with Crippen molar-refractivity contribution in [1.82, 2.24) is 5.32 Å². The van der Waals surface area contributed by atoms with E-state index >= 15 is 0 Å². The number of anilines is 1. The number of hydrogen-bond acceptors (Lipinski definition) is 3. The lowest BCUT2D eigenvalue weighted by Crippen LogP contribution is -2.28. The number of nitrogens with one attached hydrogen (secondary N) is 1. The van der Waals surface area contributed by atoms with Crippen LogP contribution in [0, 0.1) is 11.8 Å². The summed E-state index contributed by atoms with van der Waals surface area (Å²) >= 11 is 1.40. The molecule has 0 saturated heterocycles. The predicted molar refractivity (Wildman–Crippen MR) is 63.0 cm³/mol. The molecule has 0 radical (unpaired) electrons. The average molecular weight is 224 g/mol. The molecule has 1 aromatic rings. The second kappa shape index (κ2) is 4.23. The molecule has 3 nitrogen and oxygen atoms in total. The highest BCUT2D eigenvalue weighted by Crippen LogP contribution is 2.36. The third kappa shape index (κ3) is 2.50. The molecule has 1 heterocycles. The molecule has 1 unspecified atom stereocenters.